The van der Waals surface area contributed by atoms with Gasteiger partial charge >= 0.3 is 5.97 Å². The lowest BCUT2D eigenvalue weighted by molar-refractivity contribution is 0.0702. The van der Waals surface area contributed by atoms with Gasteiger partial charge in [-0.1, -0.05) is 0 Å². The highest BCUT2D eigenvalue weighted by molar-refractivity contribution is 7.17. The minimum absolute atomic E-state index is 0.240. The van der Waals surface area contributed by atoms with Crippen LogP contribution in [0.5, 0.6) is 0 Å². The van der Waals surface area contributed by atoms with Gasteiger partial charge in [-0.15, -0.1) is 11.3 Å². The van der Waals surface area contributed by atoms with Crippen molar-refractivity contribution in [1.82, 2.24) is 4.98 Å². The Kier molecular flexibility index (Phi) is 2.88. The van der Waals surface area contributed by atoms with E-state index in [4.69, 9.17) is 10.8 Å². The monoisotopic (exact) mass is 248 g/mol. The number of carboxylic acids is 1. The minimum atomic E-state index is -0.972. The van der Waals surface area contributed by atoms with E-state index >= 15 is 0 Å². The van der Waals surface area contributed by atoms with Gasteiger partial charge in [-0.05, 0) is 18.2 Å². The van der Waals surface area contributed by atoms with E-state index in [1.54, 1.807) is 18.3 Å². The number of nitrogens with zero attached hydrogens (tertiary/aromatic N) is 1. The molecule has 0 atom stereocenters. The van der Waals surface area contributed by atoms with E-state index in [-0.39, 0.29) is 4.88 Å². The maximum absolute atomic E-state index is 11.0. The van der Waals surface area contributed by atoms with E-state index in [0.717, 1.165) is 16.2 Å². The zero-order valence-electron chi connectivity index (χ0n) is 8.58. The van der Waals surface area contributed by atoms with Gasteiger partial charge in [0.1, 0.15) is 4.88 Å². The molecule has 2 heterocycles. The molecule has 0 aliphatic rings. The predicted octanol–water partition coefficient (Wildman–Crippen LogP) is 1.61. The van der Waals surface area contributed by atoms with Crippen LogP contribution in [0.25, 0.3) is 10.4 Å². The number of primary amides is 1. The zero-order valence-corrected chi connectivity index (χ0v) is 9.40. The Labute approximate surface area is 101 Å². The van der Waals surface area contributed by atoms with Crippen LogP contribution in [-0.2, 0) is 0 Å². The number of aromatic nitrogens is 1. The molecule has 5 nitrogen and oxygen atoms in total. The molecule has 17 heavy (non-hydrogen) atoms. The summed E-state index contributed by atoms with van der Waals surface area (Å²) < 4.78 is 0. The molecule has 0 aromatic carbocycles. The fourth-order valence-electron chi connectivity index (χ4n) is 1.32. The molecule has 0 aliphatic heterocycles. The van der Waals surface area contributed by atoms with Crippen LogP contribution in [0.15, 0.2) is 30.6 Å². The van der Waals surface area contributed by atoms with E-state index in [1.165, 1.54) is 12.3 Å². The lowest BCUT2D eigenvalue weighted by Crippen LogP contribution is -2.11. The molecule has 0 fully saturated rings. The third kappa shape index (κ3) is 2.31. The number of aromatic carboxylic acids is 1. The number of pyridine rings is 1. The summed E-state index contributed by atoms with van der Waals surface area (Å²) in [7, 11) is 0. The van der Waals surface area contributed by atoms with Gasteiger partial charge in [-0.3, -0.25) is 9.78 Å². The molecule has 2 aromatic rings. The molecule has 6 heteroatoms. The number of nitrogens with two attached hydrogens (primary N) is 1. The van der Waals surface area contributed by atoms with E-state index in [2.05, 4.69) is 4.98 Å². The van der Waals surface area contributed by atoms with Crippen LogP contribution in [0.4, 0.5) is 0 Å². The second-order valence-electron chi connectivity index (χ2n) is 3.30. The first-order valence-electron chi connectivity index (χ1n) is 4.66. The van der Waals surface area contributed by atoms with Gasteiger partial charge in [0.2, 0.25) is 5.91 Å². The maximum Gasteiger partial charge on any atom is 0.345 e. The molecule has 0 spiro atoms. The topological polar surface area (TPSA) is 93.3 Å². The number of carboxylic acid groups (broad SMARTS) is 1. The van der Waals surface area contributed by atoms with Crippen LogP contribution in [0, 0.1) is 0 Å². The average Bonchev–Trinajstić information content (AvgIpc) is 2.78. The van der Waals surface area contributed by atoms with E-state index in [0.29, 0.717) is 11.1 Å². The number of hydrogen-bond donors (Lipinski definition) is 2. The second-order valence-corrected chi connectivity index (χ2v) is 4.38. The summed E-state index contributed by atoms with van der Waals surface area (Å²) in [5.74, 6) is -1.53. The summed E-state index contributed by atoms with van der Waals surface area (Å²) in [6.07, 6.45) is 2.93. The average molecular weight is 248 g/mol. The van der Waals surface area contributed by atoms with Crippen LogP contribution in [-0.4, -0.2) is 22.0 Å². The van der Waals surface area contributed by atoms with Crippen molar-refractivity contribution in [3.8, 4) is 10.4 Å². The first-order valence-corrected chi connectivity index (χ1v) is 5.48. The lowest BCUT2D eigenvalue weighted by Gasteiger charge is -1.98. The summed E-state index contributed by atoms with van der Waals surface area (Å²) in [5, 5.41) is 8.81. The molecule has 3 N–H and O–H groups in total. The van der Waals surface area contributed by atoms with Crippen molar-refractivity contribution in [2.75, 3.05) is 0 Å². The quantitative estimate of drug-likeness (QED) is 0.862. The van der Waals surface area contributed by atoms with Crippen molar-refractivity contribution in [2.45, 2.75) is 0 Å². The lowest BCUT2D eigenvalue weighted by atomic mass is 10.2. The molecule has 0 radical (unpaired) electrons. The van der Waals surface area contributed by atoms with E-state index in [9.17, 15) is 9.59 Å². The number of carbonyl (C=O) groups excluding carboxylic acids is 1. The van der Waals surface area contributed by atoms with Crippen molar-refractivity contribution in [1.29, 1.82) is 0 Å². The smallest absolute Gasteiger partial charge is 0.345 e. The molecule has 2 aromatic heterocycles. The number of amides is 1. The Morgan fingerprint density at radius 2 is 2.06 bits per heavy atom. The molecule has 1 amide bonds. The van der Waals surface area contributed by atoms with Crippen molar-refractivity contribution in [2.24, 2.45) is 5.73 Å². The molecule has 0 saturated heterocycles. The SMILES string of the molecule is NC(=O)c1cncc(-c2ccc(C(=O)O)s2)c1. The predicted molar refractivity (Wildman–Crippen MR) is 63.0 cm³/mol. The number of carbonyl (C=O) groups is 2. The third-order valence-electron chi connectivity index (χ3n) is 2.12. The molecule has 0 aliphatic carbocycles. The Morgan fingerprint density at radius 3 is 2.65 bits per heavy atom. The highest BCUT2D eigenvalue weighted by Crippen LogP contribution is 2.27. The summed E-state index contributed by atoms with van der Waals surface area (Å²) in [4.78, 5) is 26.6. The van der Waals surface area contributed by atoms with Crippen LogP contribution in [0.3, 0.4) is 0 Å². The molecule has 0 saturated carbocycles. The van der Waals surface area contributed by atoms with Gasteiger partial charge < -0.3 is 10.8 Å². The molecular formula is C11H8N2O3S. The highest BCUT2D eigenvalue weighted by atomic mass is 32.1. The first-order chi connectivity index (χ1) is 8.08. The van der Waals surface area contributed by atoms with Gasteiger partial charge in [0.25, 0.3) is 0 Å². The number of hydrogen-bond acceptors (Lipinski definition) is 4. The highest BCUT2D eigenvalue weighted by Gasteiger charge is 2.10. The van der Waals surface area contributed by atoms with Crippen LogP contribution in [0.1, 0.15) is 20.0 Å². The summed E-state index contributed by atoms with van der Waals surface area (Å²) in [5.41, 5.74) is 6.12. The largest absolute Gasteiger partial charge is 0.477 e. The zero-order chi connectivity index (χ0) is 12.4. The van der Waals surface area contributed by atoms with Crippen LogP contribution >= 0.6 is 11.3 Å². The molecule has 0 bridgehead atoms. The van der Waals surface area contributed by atoms with Crippen LogP contribution < -0.4 is 5.73 Å². The summed E-state index contributed by atoms with van der Waals surface area (Å²) in [6.45, 7) is 0. The standard InChI is InChI=1S/C11H8N2O3S/c12-10(14)7-3-6(4-13-5-7)8-1-2-9(17-8)11(15)16/h1-5H,(H2,12,14)(H,15,16). The van der Waals surface area contributed by atoms with E-state index < -0.39 is 11.9 Å². The Balaban J connectivity index is 2.42. The van der Waals surface area contributed by atoms with Crippen molar-refractivity contribution < 1.29 is 14.7 Å². The Bertz CT molecular complexity index is 592. The van der Waals surface area contributed by atoms with Crippen molar-refractivity contribution >= 4 is 23.2 Å². The fraction of sp³-hybridized carbons (Fsp3) is 0. The molecule has 2 rings (SSSR count). The van der Waals surface area contributed by atoms with Gasteiger partial charge in [-0.2, -0.15) is 0 Å². The molecular weight excluding hydrogens is 240 g/mol. The fourth-order valence-corrected chi connectivity index (χ4v) is 2.14. The first kappa shape index (κ1) is 11.3. The Hall–Kier alpha value is -2.21. The second kappa shape index (κ2) is 4.34. The third-order valence-corrected chi connectivity index (χ3v) is 3.25. The Morgan fingerprint density at radius 1 is 1.29 bits per heavy atom. The molecule has 0 unspecified atom stereocenters. The van der Waals surface area contributed by atoms with Gasteiger partial charge in [0.05, 0.1) is 5.56 Å². The van der Waals surface area contributed by atoms with Crippen LogP contribution in [0.2, 0.25) is 0 Å². The number of rotatable bonds is 3. The van der Waals surface area contributed by atoms with Gasteiger partial charge in [-0.25, -0.2) is 4.79 Å². The summed E-state index contributed by atoms with van der Waals surface area (Å²) >= 11 is 1.12. The van der Waals surface area contributed by atoms with E-state index in [1.807, 2.05) is 0 Å². The minimum Gasteiger partial charge on any atom is -0.477 e. The van der Waals surface area contributed by atoms with Gasteiger partial charge in [0, 0.05) is 22.8 Å². The van der Waals surface area contributed by atoms with Crippen molar-refractivity contribution in [3.05, 3.63) is 41.0 Å². The summed E-state index contributed by atoms with van der Waals surface area (Å²) in [6, 6.07) is 4.78. The van der Waals surface area contributed by atoms with Crippen molar-refractivity contribution in [3.63, 3.8) is 0 Å². The maximum atomic E-state index is 11.0. The normalized spacial score (nSPS) is 10.1. The molecule has 86 valence electrons. The number of thiophene rings is 1. The van der Waals surface area contributed by atoms with Gasteiger partial charge in [0.15, 0.2) is 0 Å².